The summed E-state index contributed by atoms with van der Waals surface area (Å²) in [7, 11) is 0. The molecule has 1 aromatic carbocycles. The first-order valence-corrected chi connectivity index (χ1v) is 8.74. The zero-order valence-corrected chi connectivity index (χ0v) is 14.3. The number of nitro groups is 1. The molecule has 1 N–H and O–H groups in total. The Kier molecular flexibility index (Phi) is 4.80. The summed E-state index contributed by atoms with van der Waals surface area (Å²) < 4.78 is 5.10. The molecule has 8 heteroatoms. The van der Waals surface area contributed by atoms with Gasteiger partial charge in [-0.05, 0) is 42.7 Å². The monoisotopic (exact) mass is 360 g/mol. The predicted octanol–water partition coefficient (Wildman–Crippen LogP) is 3.96. The molecular formula is C17H16N2O5S. The van der Waals surface area contributed by atoms with Crippen molar-refractivity contribution in [1.82, 2.24) is 0 Å². The van der Waals surface area contributed by atoms with Crippen LogP contribution >= 0.6 is 11.3 Å². The molecule has 0 aliphatic heterocycles. The average Bonchev–Trinajstić information content (AvgIpc) is 3.35. The number of carbonyl (C=O) groups is 2. The van der Waals surface area contributed by atoms with Gasteiger partial charge in [-0.25, -0.2) is 4.79 Å². The van der Waals surface area contributed by atoms with Crippen LogP contribution < -0.4 is 5.32 Å². The number of nitrogens with zero attached hydrogens (tertiary/aromatic N) is 1. The number of nitrogens with one attached hydrogen (secondary N) is 1. The number of anilines is 1. The Morgan fingerprint density at radius 1 is 1.36 bits per heavy atom. The maximum atomic E-state index is 12.5. The molecule has 1 fully saturated rings. The van der Waals surface area contributed by atoms with Crippen LogP contribution in [0.1, 0.15) is 52.0 Å². The highest BCUT2D eigenvalue weighted by atomic mass is 32.1. The molecule has 0 bridgehead atoms. The molecule has 2 aromatic rings. The maximum Gasteiger partial charge on any atom is 0.341 e. The van der Waals surface area contributed by atoms with Gasteiger partial charge in [0.25, 0.3) is 11.6 Å². The van der Waals surface area contributed by atoms with Crippen LogP contribution in [0, 0.1) is 10.1 Å². The molecule has 1 heterocycles. The van der Waals surface area contributed by atoms with Gasteiger partial charge < -0.3 is 10.1 Å². The van der Waals surface area contributed by atoms with Crippen molar-refractivity contribution in [1.29, 1.82) is 0 Å². The quantitative estimate of drug-likeness (QED) is 0.477. The molecule has 0 atom stereocenters. The third-order valence-corrected chi connectivity index (χ3v) is 4.80. The third kappa shape index (κ3) is 3.53. The van der Waals surface area contributed by atoms with E-state index >= 15 is 0 Å². The van der Waals surface area contributed by atoms with Crippen molar-refractivity contribution in [3.63, 3.8) is 0 Å². The summed E-state index contributed by atoms with van der Waals surface area (Å²) in [4.78, 5) is 35.3. The first kappa shape index (κ1) is 17.1. The zero-order valence-electron chi connectivity index (χ0n) is 13.5. The van der Waals surface area contributed by atoms with Gasteiger partial charge in [-0.1, -0.05) is 12.1 Å². The van der Waals surface area contributed by atoms with Crippen molar-refractivity contribution in [2.45, 2.75) is 25.7 Å². The number of esters is 1. The van der Waals surface area contributed by atoms with Crippen LogP contribution in [0.4, 0.5) is 10.7 Å². The second-order valence-electron chi connectivity index (χ2n) is 5.62. The Bertz CT molecular complexity index is 841. The van der Waals surface area contributed by atoms with Crippen LogP contribution in [0.15, 0.2) is 29.6 Å². The van der Waals surface area contributed by atoms with E-state index in [2.05, 4.69) is 5.32 Å². The van der Waals surface area contributed by atoms with E-state index in [0.29, 0.717) is 16.5 Å². The van der Waals surface area contributed by atoms with Gasteiger partial charge in [0.1, 0.15) is 10.6 Å². The smallest absolute Gasteiger partial charge is 0.341 e. The minimum absolute atomic E-state index is 0.0521. The predicted molar refractivity (Wildman–Crippen MR) is 93.3 cm³/mol. The lowest BCUT2D eigenvalue weighted by molar-refractivity contribution is -0.385. The molecule has 1 saturated carbocycles. The molecule has 3 rings (SSSR count). The van der Waals surface area contributed by atoms with E-state index in [4.69, 9.17) is 4.74 Å². The van der Waals surface area contributed by atoms with Crippen molar-refractivity contribution in [3.05, 3.63) is 56.5 Å². The fourth-order valence-corrected chi connectivity index (χ4v) is 3.59. The third-order valence-electron chi connectivity index (χ3n) is 3.89. The average molecular weight is 360 g/mol. The minimum Gasteiger partial charge on any atom is -0.462 e. The second-order valence-corrected chi connectivity index (χ2v) is 6.50. The van der Waals surface area contributed by atoms with Gasteiger partial charge in [-0.15, -0.1) is 11.3 Å². The van der Waals surface area contributed by atoms with Crippen LogP contribution in [-0.4, -0.2) is 23.4 Å². The van der Waals surface area contributed by atoms with E-state index in [1.54, 1.807) is 13.0 Å². The lowest BCUT2D eigenvalue weighted by Gasteiger charge is -2.08. The summed E-state index contributed by atoms with van der Waals surface area (Å²) in [6.07, 6.45) is 2.00. The molecule has 0 radical (unpaired) electrons. The molecule has 1 aliphatic rings. The van der Waals surface area contributed by atoms with Gasteiger partial charge in [0.05, 0.1) is 17.1 Å². The number of hydrogen-bond acceptors (Lipinski definition) is 6. The van der Waals surface area contributed by atoms with Crippen molar-refractivity contribution >= 4 is 33.9 Å². The van der Waals surface area contributed by atoms with Gasteiger partial charge >= 0.3 is 5.97 Å². The molecule has 0 spiro atoms. The summed E-state index contributed by atoms with van der Waals surface area (Å²) in [6, 6.07) is 5.70. The molecule has 1 amide bonds. The van der Waals surface area contributed by atoms with Crippen molar-refractivity contribution in [3.8, 4) is 0 Å². The van der Waals surface area contributed by atoms with E-state index in [1.165, 1.54) is 29.5 Å². The molecule has 0 unspecified atom stereocenters. The SMILES string of the molecule is CCOC(=O)c1c(C2CC2)csc1NC(=O)c1ccccc1[N+](=O)[O-]. The maximum absolute atomic E-state index is 12.5. The summed E-state index contributed by atoms with van der Waals surface area (Å²) in [6.45, 7) is 1.95. The number of amides is 1. The summed E-state index contributed by atoms with van der Waals surface area (Å²) in [5.41, 5.74) is 0.905. The Labute approximate surface area is 147 Å². The topological polar surface area (TPSA) is 98.5 Å². The Morgan fingerprint density at radius 2 is 2.08 bits per heavy atom. The second kappa shape index (κ2) is 7.02. The first-order chi connectivity index (χ1) is 12.0. The van der Waals surface area contributed by atoms with E-state index in [0.717, 1.165) is 18.4 Å². The van der Waals surface area contributed by atoms with Gasteiger partial charge in [0, 0.05) is 6.07 Å². The van der Waals surface area contributed by atoms with E-state index < -0.39 is 16.8 Å². The molecular weight excluding hydrogens is 344 g/mol. The highest BCUT2D eigenvalue weighted by Crippen LogP contribution is 2.46. The van der Waals surface area contributed by atoms with E-state index in [1.807, 2.05) is 5.38 Å². The largest absolute Gasteiger partial charge is 0.462 e. The lowest BCUT2D eigenvalue weighted by Crippen LogP contribution is -2.16. The van der Waals surface area contributed by atoms with Crippen LogP contribution in [0.25, 0.3) is 0 Å². The normalized spacial score (nSPS) is 13.3. The zero-order chi connectivity index (χ0) is 18.0. The van der Waals surface area contributed by atoms with E-state index in [9.17, 15) is 19.7 Å². The lowest BCUT2D eigenvalue weighted by atomic mass is 10.1. The number of benzene rings is 1. The molecule has 1 aromatic heterocycles. The van der Waals surface area contributed by atoms with Gasteiger partial charge in [-0.3, -0.25) is 14.9 Å². The number of thiophene rings is 1. The number of rotatable bonds is 6. The minimum atomic E-state index is -0.623. The van der Waals surface area contributed by atoms with Crippen LogP contribution in [0.2, 0.25) is 0 Å². The molecule has 130 valence electrons. The Hall–Kier alpha value is -2.74. The van der Waals surface area contributed by atoms with Gasteiger partial charge in [0.2, 0.25) is 0 Å². The number of nitro benzene ring substituents is 1. The van der Waals surface area contributed by atoms with Gasteiger partial charge in [0.15, 0.2) is 0 Å². The standard InChI is InChI=1S/C17H16N2O5S/c1-2-24-17(21)14-12(10-7-8-10)9-25-16(14)18-15(20)11-5-3-4-6-13(11)19(22)23/h3-6,9-10H,2,7-8H2,1H3,(H,18,20). The Morgan fingerprint density at radius 3 is 2.72 bits per heavy atom. The summed E-state index contributed by atoms with van der Waals surface area (Å²) in [5, 5.41) is 15.9. The number of carbonyl (C=O) groups excluding carboxylic acids is 2. The summed E-state index contributed by atoms with van der Waals surface area (Å²) >= 11 is 1.23. The number of para-hydroxylation sites is 1. The molecule has 0 saturated heterocycles. The van der Waals surface area contributed by atoms with Crippen molar-refractivity contribution in [2.24, 2.45) is 0 Å². The van der Waals surface area contributed by atoms with Crippen LogP contribution in [-0.2, 0) is 4.74 Å². The highest BCUT2D eigenvalue weighted by molar-refractivity contribution is 7.15. The van der Waals surface area contributed by atoms with Crippen LogP contribution in [0.5, 0.6) is 0 Å². The van der Waals surface area contributed by atoms with Gasteiger partial charge in [-0.2, -0.15) is 0 Å². The Balaban J connectivity index is 1.92. The number of hydrogen-bond donors (Lipinski definition) is 1. The molecule has 1 aliphatic carbocycles. The fourth-order valence-electron chi connectivity index (χ4n) is 2.57. The molecule has 25 heavy (non-hydrogen) atoms. The first-order valence-electron chi connectivity index (χ1n) is 7.86. The van der Waals surface area contributed by atoms with E-state index in [-0.39, 0.29) is 17.9 Å². The van der Waals surface area contributed by atoms with Crippen molar-refractivity contribution < 1.29 is 19.2 Å². The summed E-state index contributed by atoms with van der Waals surface area (Å²) in [5.74, 6) is -0.794. The highest BCUT2D eigenvalue weighted by Gasteiger charge is 2.33. The van der Waals surface area contributed by atoms with Crippen LogP contribution in [0.3, 0.4) is 0 Å². The fraction of sp³-hybridized carbons (Fsp3) is 0.294. The van der Waals surface area contributed by atoms with Crippen molar-refractivity contribution in [2.75, 3.05) is 11.9 Å². The number of ether oxygens (including phenoxy) is 1. The molecule has 7 nitrogen and oxygen atoms in total.